The first-order chi connectivity index (χ1) is 12.5. The molecule has 0 aliphatic heterocycles. The molecule has 0 bridgehead atoms. The number of thioether (sulfide) groups is 1. The van der Waals surface area contributed by atoms with Gasteiger partial charge in [0.1, 0.15) is 11.6 Å². The van der Waals surface area contributed by atoms with Crippen molar-refractivity contribution >= 4 is 23.4 Å². The largest absolute Gasteiger partial charge is 0.497 e. The fourth-order valence-electron chi connectivity index (χ4n) is 2.28. The van der Waals surface area contributed by atoms with E-state index in [2.05, 4.69) is 15.3 Å². The molecule has 5 nitrogen and oxygen atoms in total. The lowest BCUT2D eigenvalue weighted by molar-refractivity contribution is -0.115. The van der Waals surface area contributed by atoms with Crippen LogP contribution in [0.2, 0.25) is 0 Å². The molecule has 2 N–H and O–H groups in total. The van der Waals surface area contributed by atoms with E-state index < -0.39 is 0 Å². The van der Waals surface area contributed by atoms with Crippen LogP contribution in [-0.2, 0) is 4.79 Å². The van der Waals surface area contributed by atoms with Gasteiger partial charge in [-0.1, -0.05) is 11.8 Å². The fraction of sp³-hybridized carbons (Fsp3) is 0.158. The zero-order valence-corrected chi connectivity index (χ0v) is 15.1. The summed E-state index contributed by atoms with van der Waals surface area (Å²) in [5.74, 6) is 0.320. The second-order valence-corrected chi connectivity index (χ2v) is 6.92. The number of benzene rings is 2. The summed E-state index contributed by atoms with van der Waals surface area (Å²) in [7, 11) is 1.59. The number of hydrogen-bond donors (Lipinski definition) is 2. The Kier molecular flexibility index (Phi) is 5.58. The van der Waals surface area contributed by atoms with Crippen LogP contribution in [-0.4, -0.2) is 28.2 Å². The molecule has 1 unspecified atom stereocenters. The molecule has 0 saturated heterocycles. The number of anilines is 1. The summed E-state index contributed by atoms with van der Waals surface area (Å²) in [6.45, 7) is 1.81. The van der Waals surface area contributed by atoms with Crippen molar-refractivity contribution in [2.75, 3.05) is 12.4 Å². The minimum atomic E-state index is -0.343. The Bertz CT molecular complexity index is 879. The molecule has 1 aromatic heterocycles. The van der Waals surface area contributed by atoms with Crippen LogP contribution in [0.5, 0.6) is 5.75 Å². The van der Waals surface area contributed by atoms with Gasteiger partial charge in [-0.05, 0) is 61.0 Å². The van der Waals surface area contributed by atoms with E-state index in [4.69, 9.17) is 4.74 Å². The molecule has 0 radical (unpaired) electrons. The molecule has 0 aliphatic carbocycles. The number of nitrogens with one attached hydrogen (secondary N) is 2. The standard InChI is InChI=1S/C19H18FN3O2S/c1-12(18(24)22-15-7-9-16(25-2)10-8-15)26-19-21-11-17(23-19)13-3-5-14(20)6-4-13/h3-12H,1-2H3,(H,21,23)(H,22,24). The van der Waals surface area contributed by atoms with Gasteiger partial charge in [0.15, 0.2) is 5.16 Å². The normalized spacial score (nSPS) is 11.8. The van der Waals surface area contributed by atoms with Crippen LogP contribution in [0.15, 0.2) is 59.9 Å². The first-order valence-electron chi connectivity index (χ1n) is 7.97. The summed E-state index contributed by atoms with van der Waals surface area (Å²) in [4.78, 5) is 19.8. The van der Waals surface area contributed by atoms with Gasteiger partial charge < -0.3 is 15.0 Å². The molecule has 1 amide bonds. The fourth-order valence-corrected chi connectivity index (χ4v) is 3.06. The maximum Gasteiger partial charge on any atom is 0.237 e. The van der Waals surface area contributed by atoms with Gasteiger partial charge in [0.25, 0.3) is 0 Å². The van der Waals surface area contributed by atoms with Gasteiger partial charge in [0.05, 0.1) is 24.3 Å². The number of nitrogens with zero attached hydrogens (tertiary/aromatic N) is 1. The van der Waals surface area contributed by atoms with Crippen LogP contribution in [0, 0.1) is 5.82 Å². The molecular weight excluding hydrogens is 353 g/mol. The molecule has 3 rings (SSSR count). The van der Waals surface area contributed by atoms with Gasteiger partial charge in [0.2, 0.25) is 5.91 Å². The molecule has 3 aromatic rings. The maximum atomic E-state index is 13.0. The molecule has 7 heteroatoms. The summed E-state index contributed by atoms with van der Waals surface area (Å²) < 4.78 is 18.1. The third kappa shape index (κ3) is 4.43. The molecular formula is C19H18FN3O2S. The molecule has 0 spiro atoms. The van der Waals surface area contributed by atoms with Crippen molar-refractivity contribution in [3.63, 3.8) is 0 Å². The number of aromatic amines is 1. The number of rotatable bonds is 6. The van der Waals surface area contributed by atoms with E-state index in [1.807, 2.05) is 6.92 Å². The molecule has 0 saturated carbocycles. The molecule has 1 heterocycles. The van der Waals surface area contributed by atoms with Crippen LogP contribution < -0.4 is 10.1 Å². The number of hydrogen-bond acceptors (Lipinski definition) is 4. The van der Waals surface area contributed by atoms with Crippen molar-refractivity contribution < 1.29 is 13.9 Å². The van der Waals surface area contributed by atoms with E-state index in [0.29, 0.717) is 10.8 Å². The lowest BCUT2D eigenvalue weighted by Crippen LogP contribution is -2.22. The summed E-state index contributed by atoms with van der Waals surface area (Å²) in [5, 5.41) is 3.14. The zero-order chi connectivity index (χ0) is 18.5. The van der Waals surface area contributed by atoms with Crippen molar-refractivity contribution in [3.05, 3.63) is 60.5 Å². The summed E-state index contributed by atoms with van der Waals surface area (Å²) in [5.41, 5.74) is 2.31. The Hall–Kier alpha value is -2.80. The van der Waals surface area contributed by atoms with E-state index in [1.54, 1.807) is 49.7 Å². The Morgan fingerprint density at radius 2 is 1.88 bits per heavy atom. The Balaban J connectivity index is 1.61. The number of methoxy groups -OCH3 is 1. The second-order valence-electron chi connectivity index (χ2n) is 5.59. The maximum absolute atomic E-state index is 13.0. The Labute approximate surface area is 155 Å². The number of carbonyl (C=O) groups is 1. The predicted molar refractivity (Wildman–Crippen MR) is 101 cm³/mol. The van der Waals surface area contributed by atoms with Crippen LogP contribution in [0.25, 0.3) is 11.3 Å². The van der Waals surface area contributed by atoms with Crippen molar-refractivity contribution in [3.8, 4) is 17.0 Å². The zero-order valence-electron chi connectivity index (χ0n) is 14.3. The summed E-state index contributed by atoms with van der Waals surface area (Å²) >= 11 is 1.32. The second kappa shape index (κ2) is 8.05. The number of amides is 1. The van der Waals surface area contributed by atoms with Gasteiger partial charge in [-0.15, -0.1) is 0 Å². The number of carbonyl (C=O) groups excluding carboxylic acids is 1. The number of ether oxygens (including phenoxy) is 1. The van der Waals surface area contributed by atoms with Gasteiger partial charge in [0, 0.05) is 5.69 Å². The molecule has 0 aliphatic rings. The quantitative estimate of drug-likeness (QED) is 0.633. The summed E-state index contributed by atoms with van der Waals surface area (Å²) in [6, 6.07) is 13.3. The van der Waals surface area contributed by atoms with Crippen LogP contribution in [0.1, 0.15) is 6.92 Å². The lowest BCUT2D eigenvalue weighted by Gasteiger charge is -2.11. The average Bonchev–Trinajstić information content (AvgIpc) is 3.11. The summed E-state index contributed by atoms with van der Waals surface area (Å²) in [6.07, 6.45) is 1.67. The molecule has 2 aromatic carbocycles. The van der Waals surface area contributed by atoms with Crippen LogP contribution >= 0.6 is 11.8 Å². The van der Waals surface area contributed by atoms with E-state index in [9.17, 15) is 9.18 Å². The Morgan fingerprint density at radius 1 is 1.19 bits per heavy atom. The van der Waals surface area contributed by atoms with Gasteiger partial charge >= 0.3 is 0 Å². The highest BCUT2D eigenvalue weighted by atomic mass is 32.2. The molecule has 26 heavy (non-hydrogen) atoms. The van der Waals surface area contributed by atoms with Gasteiger partial charge in [-0.25, -0.2) is 9.37 Å². The lowest BCUT2D eigenvalue weighted by atomic mass is 10.2. The van der Waals surface area contributed by atoms with Crippen LogP contribution in [0.4, 0.5) is 10.1 Å². The molecule has 1 atom stereocenters. The first kappa shape index (κ1) is 18.0. The van der Waals surface area contributed by atoms with E-state index in [1.165, 1.54) is 23.9 Å². The highest BCUT2D eigenvalue weighted by molar-refractivity contribution is 8.00. The smallest absolute Gasteiger partial charge is 0.237 e. The first-order valence-corrected chi connectivity index (χ1v) is 8.85. The van der Waals surface area contributed by atoms with Crippen molar-refractivity contribution in [1.29, 1.82) is 0 Å². The number of imidazole rings is 1. The number of H-pyrrole nitrogens is 1. The third-order valence-corrected chi connectivity index (χ3v) is 4.72. The Morgan fingerprint density at radius 3 is 2.54 bits per heavy atom. The highest BCUT2D eigenvalue weighted by Gasteiger charge is 2.16. The molecule has 134 valence electrons. The van der Waals surface area contributed by atoms with E-state index in [-0.39, 0.29) is 17.0 Å². The SMILES string of the molecule is COc1ccc(NC(=O)C(C)Sc2ncc(-c3ccc(F)cc3)[nH]2)cc1. The van der Waals surface area contributed by atoms with E-state index in [0.717, 1.165) is 17.0 Å². The van der Waals surface area contributed by atoms with Crippen LogP contribution in [0.3, 0.4) is 0 Å². The van der Waals surface area contributed by atoms with Crippen molar-refractivity contribution in [1.82, 2.24) is 9.97 Å². The minimum Gasteiger partial charge on any atom is -0.497 e. The number of aromatic nitrogens is 2. The number of halogens is 1. The van der Waals surface area contributed by atoms with E-state index >= 15 is 0 Å². The van der Waals surface area contributed by atoms with Crippen molar-refractivity contribution in [2.45, 2.75) is 17.3 Å². The minimum absolute atomic E-state index is 0.125. The van der Waals surface area contributed by atoms with Gasteiger partial charge in [-0.2, -0.15) is 0 Å². The average molecular weight is 371 g/mol. The predicted octanol–water partition coefficient (Wildman–Crippen LogP) is 4.34. The molecule has 0 fully saturated rings. The topological polar surface area (TPSA) is 67.0 Å². The van der Waals surface area contributed by atoms with Gasteiger partial charge in [-0.3, -0.25) is 4.79 Å². The monoisotopic (exact) mass is 371 g/mol. The van der Waals surface area contributed by atoms with Crippen molar-refractivity contribution in [2.24, 2.45) is 0 Å². The highest BCUT2D eigenvalue weighted by Crippen LogP contribution is 2.25. The third-order valence-electron chi connectivity index (χ3n) is 3.72.